The first-order chi connectivity index (χ1) is 3.50. The van der Waals surface area contributed by atoms with Gasteiger partial charge in [0.15, 0.2) is 5.60 Å². The first kappa shape index (κ1) is 7.91. The van der Waals surface area contributed by atoms with Gasteiger partial charge in [0.05, 0.1) is 0 Å². The number of rotatable bonds is 2. The summed E-state index contributed by atoms with van der Waals surface area (Å²) < 4.78 is 0. The van der Waals surface area contributed by atoms with Gasteiger partial charge in [0, 0.05) is 5.33 Å². The molecule has 8 heavy (non-hydrogen) atoms. The molecule has 0 aliphatic carbocycles. The molecule has 0 aromatic rings. The Balaban J connectivity index is 3.91. The fourth-order valence-corrected chi connectivity index (χ4v) is 0.297. The van der Waals surface area contributed by atoms with E-state index in [2.05, 4.69) is 15.9 Å². The standard InChI is InChI=1S/C4H7BrO3/c1-4(8,2-5)3(6)7/h8H,2H2,1H3,(H,6,7). The van der Waals surface area contributed by atoms with Crippen molar-refractivity contribution < 1.29 is 15.0 Å². The lowest BCUT2D eigenvalue weighted by Crippen LogP contribution is -2.36. The zero-order valence-electron chi connectivity index (χ0n) is 4.39. The van der Waals surface area contributed by atoms with Crippen LogP contribution >= 0.6 is 15.9 Å². The number of hydrogen-bond acceptors (Lipinski definition) is 2. The van der Waals surface area contributed by atoms with E-state index in [-0.39, 0.29) is 5.33 Å². The van der Waals surface area contributed by atoms with Gasteiger partial charge in [0.25, 0.3) is 0 Å². The molecule has 0 heterocycles. The lowest BCUT2D eigenvalue weighted by Gasteiger charge is -2.12. The molecule has 0 radical (unpaired) electrons. The summed E-state index contributed by atoms with van der Waals surface area (Å²) in [4.78, 5) is 9.97. The highest BCUT2D eigenvalue weighted by molar-refractivity contribution is 9.09. The zero-order valence-corrected chi connectivity index (χ0v) is 5.97. The van der Waals surface area contributed by atoms with Gasteiger partial charge in [-0.05, 0) is 6.92 Å². The van der Waals surface area contributed by atoms with Crippen LogP contribution in [0, 0.1) is 0 Å². The van der Waals surface area contributed by atoms with E-state index in [0.717, 1.165) is 0 Å². The number of carbonyl (C=O) groups is 1. The van der Waals surface area contributed by atoms with Gasteiger partial charge in [0.1, 0.15) is 0 Å². The van der Waals surface area contributed by atoms with Gasteiger partial charge in [-0.15, -0.1) is 0 Å². The molecule has 0 bridgehead atoms. The Kier molecular flexibility index (Phi) is 2.43. The maximum absolute atomic E-state index is 9.97. The highest BCUT2D eigenvalue weighted by Crippen LogP contribution is 2.05. The molecule has 0 rings (SSSR count). The van der Waals surface area contributed by atoms with Crippen LogP contribution < -0.4 is 0 Å². The molecular weight excluding hydrogens is 176 g/mol. The molecule has 0 aromatic heterocycles. The van der Waals surface area contributed by atoms with Crippen molar-refractivity contribution in [2.24, 2.45) is 0 Å². The number of hydrogen-bond donors (Lipinski definition) is 2. The predicted octanol–water partition coefficient (Wildman–Crippen LogP) is 0.217. The Labute approximate surface area is 55.5 Å². The molecule has 0 aliphatic heterocycles. The molecule has 4 heteroatoms. The molecule has 48 valence electrons. The van der Waals surface area contributed by atoms with Gasteiger partial charge in [-0.2, -0.15) is 0 Å². The van der Waals surface area contributed by atoms with Crippen LogP contribution in [0.1, 0.15) is 6.92 Å². The van der Waals surface area contributed by atoms with Crippen LogP contribution in [0.5, 0.6) is 0 Å². The molecule has 0 amide bonds. The number of carboxylic acid groups (broad SMARTS) is 1. The molecular formula is C4H7BrO3. The van der Waals surface area contributed by atoms with Crippen LogP contribution in [0.25, 0.3) is 0 Å². The van der Waals surface area contributed by atoms with E-state index in [4.69, 9.17) is 10.2 Å². The van der Waals surface area contributed by atoms with Crippen molar-refractivity contribution in [1.29, 1.82) is 0 Å². The number of halogens is 1. The third-order valence-corrected chi connectivity index (χ3v) is 1.81. The van der Waals surface area contributed by atoms with Crippen molar-refractivity contribution >= 4 is 21.9 Å². The van der Waals surface area contributed by atoms with E-state index in [1.54, 1.807) is 0 Å². The van der Waals surface area contributed by atoms with Gasteiger partial charge in [0.2, 0.25) is 0 Å². The Morgan fingerprint density at radius 1 is 1.88 bits per heavy atom. The van der Waals surface area contributed by atoms with E-state index in [0.29, 0.717) is 0 Å². The van der Waals surface area contributed by atoms with E-state index in [9.17, 15) is 4.79 Å². The first-order valence-electron chi connectivity index (χ1n) is 2.02. The topological polar surface area (TPSA) is 57.5 Å². The Hall–Kier alpha value is -0.0900. The van der Waals surface area contributed by atoms with E-state index < -0.39 is 11.6 Å². The lowest BCUT2D eigenvalue weighted by molar-refractivity contribution is -0.154. The fourth-order valence-electron chi connectivity index (χ4n) is 0.0572. The molecule has 0 fully saturated rings. The SMILES string of the molecule is CC(O)(CBr)C(=O)O. The van der Waals surface area contributed by atoms with E-state index in [1.807, 2.05) is 0 Å². The molecule has 0 spiro atoms. The summed E-state index contributed by atoms with van der Waals surface area (Å²) in [5.74, 6) is -1.21. The molecule has 1 atom stereocenters. The summed E-state index contributed by atoms with van der Waals surface area (Å²) in [5, 5.41) is 17.0. The Morgan fingerprint density at radius 2 is 2.25 bits per heavy atom. The number of aliphatic carboxylic acids is 1. The summed E-state index contributed by atoms with van der Waals surface area (Å²) >= 11 is 2.84. The largest absolute Gasteiger partial charge is 0.479 e. The molecule has 2 N–H and O–H groups in total. The fraction of sp³-hybridized carbons (Fsp3) is 0.750. The Bertz CT molecular complexity index is 99.5. The normalized spacial score (nSPS) is 17.4. The maximum Gasteiger partial charge on any atom is 0.336 e. The first-order valence-corrected chi connectivity index (χ1v) is 3.14. The smallest absolute Gasteiger partial charge is 0.336 e. The van der Waals surface area contributed by atoms with Crippen molar-refractivity contribution in [3.63, 3.8) is 0 Å². The third kappa shape index (κ3) is 1.79. The summed E-state index contributed by atoms with van der Waals surface area (Å²) in [6.45, 7) is 1.23. The monoisotopic (exact) mass is 182 g/mol. The average molecular weight is 183 g/mol. The van der Waals surface area contributed by atoms with Crippen LogP contribution in [0.2, 0.25) is 0 Å². The summed E-state index contributed by atoms with van der Waals surface area (Å²) in [7, 11) is 0. The van der Waals surface area contributed by atoms with Crippen LogP contribution in [-0.2, 0) is 4.79 Å². The van der Waals surface area contributed by atoms with Gasteiger partial charge in [-0.25, -0.2) is 4.79 Å². The van der Waals surface area contributed by atoms with Crippen molar-refractivity contribution in [2.75, 3.05) is 5.33 Å². The second-order valence-corrected chi connectivity index (χ2v) is 2.27. The molecule has 0 aliphatic rings. The quantitative estimate of drug-likeness (QED) is 0.602. The minimum Gasteiger partial charge on any atom is -0.479 e. The lowest BCUT2D eigenvalue weighted by atomic mass is 10.1. The van der Waals surface area contributed by atoms with Crippen LogP contribution in [0.4, 0.5) is 0 Å². The van der Waals surface area contributed by atoms with Crippen molar-refractivity contribution in [3.8, 4) is 0 Å². The van der Waals surface area contributed by atoms with Crippen LogP contribution in [-0.4, -0.2) is 27.1 Å². The van der Waals surface area contributed by atoms with Crippen LogP contribution in [0.15, 0.2) is 0 Å². The van der Waals surface area contributed by atoms with E-state index in [1.165, 1.54) is 6.92 Å². The predicted molar refractivity (Wildman–Crippen MR) is 32.1 cm³/mol. The average Bonchev–Trinajstić information content (AvgIpc) is 1.67. The van der Waals surface area contributed by atoms with Gasteiger partial charge in [-0.3, -0.25) is 0 Å². The number of alkyl halides is 1. The number of carboxylic acids is 1. The minimum absolute atomic E-state index is 0.0509. The molecule has 3 nitrogen and oxygen atoms in total. The molecule has 0 saturated heterocycles. The van der Waals surface area contributed by atoms with E-state index >= 15 is 0 Å². The summed E-state index contributed by atoms with van der Waals surface area (Å²) in [5.41, 5.74) is -1.62. The molecule has 1 unspecified atom stereocenters. The highest BCUT2D eigenvalue weighted by Gasteiger charge is 2.27. The van der Waals surface area contributed by atoms with Crippen molar-refractivity contribution in [3.05, 3.63) is 0 Å². The second kappa shape index (κ2) is 2.46. The number of aliphatic hydroxyl groups is 1. The van der Waals surface area contributed by atoms with Gasteiger partial charge >= 0.3 is 5.97 Å². The third-order valence-electron chi connectivity index (χ3n) is 0.721. The molecule has 0 saturated carbocycles. The van der Waals surface area contributed by atoms with Crippen molar-refractivity contribution in [2.45, 2.75) is 12.5 Å². The molecule has 0 aromatic carbocycles. The maximum atomic E-state index is 9.97. The minimum atomic E-state index is -1.62. The summed E-state index contributed by atoms with van der Waals surface area (Å²) in [6, 6.07) is 0. The van der Waals surface area contributed by atoms with Gasteiger partial charge < -0.3 is 10.2 Å². The highest BCUT2D eigenvalue weighted by atomic mass is 79.9. The zero-order chi connectivity index (χ0) is 6.78. The van der Waals surface area contributed by atoms with Crippen molar-refractivity contribution in [1.82, 2.24) is 0 Å². The summed E-state index contributed by atoms with van der Waals surface area (Å²) in [6.07, 6.45) is 0. The second-order valence-electron chi connectivity index (χ2n) is 1.71. The Morgan fingerprint density at radius 3 is 2.25 bits per heavy atom. The van der Waals surface area contributed by atoms with Crippen LogP contribution in [0.3, 0.4) is 0 Å². The van der Waals surface area contributed by atoms with Gasteiger partial charge in [-0.1, -0.05) is 15.9 Å².